The lowest BCUT2D eigenvalue weighted by Crippen LogP contribution is -2.34. The van der Waals surface area contributed by atoms with Gasteiger partial charge in [0, 0.05) is 17.3 Å². The zero-order valence-electron chi connectivity index (χ0n) is 11.6. The van der Waals surface area contributed by atoms with Crippen LogP contribution in [0, 0.1) is 0 Å². The molecule has 3 rings (SSSR count). The van der Waals surface area contributed by atoms with Gasteiger partial charge in [0.2, 0.25) is 0 Å². The molecule has 1 fully saturated rings. The third-order valence-electron chi connectivity index (χ3n) is 3.79. The maximum atomic E-state index is 12.5. The van der Waals surface area contributed by atoms with E-state index in [9.17, 15) is 4.79 Å². The summed E-state index contributed by atoms with van der Waals surface area (Å²) in [5.74, 6) is 0. The summed E-state index contributed by atoms with van der Waals surface area (Å²) < 4.78 is 0. The van der Waals surface area contributed by atoms with Crippen molar-refractivity contribution in [2.24, 2.45) is 0 Å². The third-order valence-corrected chi connectivity index (χ3v) is 4.05. The Kier molecular flexibility index (Phi) is 4.11. The average molecular weight is 301 g/mol. The Hall–Kier alpha value is -2.00. The van der Waals surface area contributed by atoms with Crippen LogP contribution in [0.2, 0.25) is 5.02 Å². The smallest absolute Gasteiger partial charge is 0.317 e. The largest absolute Gasteiger partial charge is 0.322 e. The summed E-state index contributed by atoms with van der Waals surface area (Å²) in [6.07, 6.45) is 2.01. The number of urea groups is 1. The quantitative estimate of drug-likeness (QED) is 0.856. The molecule has 0 radical (unpaired) electrons. The van der Waals surface area contributed by atoms with Crippen molar-refractivity contribution in [3.05, 3.63) is 65.2 Å². The van der Waals surface area contributed by atoms with Crippen LogP contribution in [0.15, 0.2) is 54.6 Å². The second-order valence-corrected chi connectivity index (χ2v) is 5.64. The van der Waals surface area contributed by atoms with Gasteiger partial charge in [0.05, 0.1) is 6.04 Å². The monoisotopic (exact) mass is 300 g/mol. The number of amides is 2. The fourth-order valence-corrected chi connectivity index (χ4v) is 2.88. The van der Waals surface area contributed by atoms with E-state index in [4.69, 9.17) is 11.6 Å². The van der Waals surface area contributed by atoms with E-state index in [2.05, 4.69) is 5.32 Å². The van der Waals surface area contributed by atoms with E-state index in [1.54, 1.807) is 0 Å². The Morgan fingerprint density at radius 1 is 1.10 bits per heavy atom. The minimum Gasteiger partial charge on any atom is -0.317 e. The zero-order valence-corrected chi connectivity index (χ0v) is 12.4. The van der Waals surface area contributed by atoms with E-state index < -0.39 is 0 Å². The highest BCUT2D eigenvalue weighted by molar-refractivity contribution is 6.30. The van der Waals surface area contributed by atoms with Gasteiger partial charge in [-0.25, -0.2) is 4.79 Å². The molecule has 0 saturated carbocycles. The highest BCUT2D eigenvalue weighted by atomic mass is 35.5. The van der Waals surface area contributed by atoms with Gasteiger partial charge in [-0.3, -0.25) is 0 Å². The van der Waals surface area contributed by atoms with Gasteiger partial charge in [-0.1, -0.05) is 41.9 Å². The molecule has 0 aromatic heterocycles. The lowest BCUT2D eigenvalue weighted by molar-refractivity contribution is 0.207. The molecule has 1 aliphatic rings. The SMILES string of the molecule is O=C(Nc1ccccc1)N1CCCC1c1ccc(Cl)cc1. The number of benzene rings is 2. The van der Waals surface area contributed by atoms with E-state index in [0.717, 1.165) is 35.7 Å². The molecule has 1 aliphatic heterocycles. The fourth-order valence-electron chi connectivity index (χ4n) is 2.76. The Labute approximate surface area is 129 Å². The molecule has 2 amide bonds. The predicted molar refractivity (Wildman–Crippen MR) is 85.6 cm³/mol. The molecule has 0 bridgehead atoms. The Balaban J connectivity index is 1.74. The van der Waals surface area contributed by atoms with Crippen molar-refractivity contribution in [3.8, 4) is 0 Å². The minimum absolute atomic E-state index is 0.0429. The Morgan fingerprint density at radius 2 is 1.81 bits per heavy atom. The second-order valence-electron chi connectivity index (χ2n) is 5.20. The van der Waals surface area contributed by atoms with Gasteiger partial charge >= 0.3 is 6.03 Å². The number of carbonyl (C=O) groups excluding carboxylic acids is 1. The molecule has 4 heteroatoms. The normalized spacial score (nSPS) is 17.8. The van der Waals surface area contributed by atoms with Gasteiger partial charge in [-0.2, -0.15) is 0 Å². The Bertz CT molecular complexity index is 612. The number of nitrogens with zero attached hydrogens (tertiary/aromatic N) is 1. The molecule has 3 nitrogen and oxygen atoms in total. The average Bonchev–Trinajstić information content (AvgIpc) is 2.98. The standard InChI is InChI=1S/C17H17ClN2O/c18-14-10-8-13(9-11-14)16-7-4-12-20(16)17(21)19-15-5-2-1-3-6-15/h1-3,5-6,8-11,16H,4,7,12H2,(H,19,21). The molecule has 21 heavy (non-hydrogen) atoms. The van der Waals surface area contributed by atoms with Crippen molar-refractivity contribution in [2.45, 2.75) is 18.9 Å². The molecule has 0 aliphatic carbocycles. The van der Waals surface area contributed by atoms with Crippen LogP contribution >= 0.6 is 11.6 Å². The van der Waals surface area contributed by atoms with Crippen molar-refractivity contribution >= 4 is 23.3 Å². The summed E-state index contributed by atoms with van der Waals surface area (Å²) in [7, 11) is 0. The zero-order chi connectivity index (χ0) is 14.7. The van der Waals surface area contributed by atoms with Crippen LogP contribution in [0.25, 0.3) is 0 Å². The van der Waals surface area contributed by atoms with E-state index in [0.29, 0.717) is 0 Å². The second kappa shape index (κ2) is 6.19. The van der Waals surface area contributed by atoms with Crippen LogP contribution in [0.1, 0.15) is 24.4 Å². The van der Waals surface area contributed by atoms with Crippen LogP contribution in [0.5, 0.6) is 0 Å². The van der Waals surface area contributed by atoms with Crippen LogP contribution in [0.4, 0.5) is 10.5 Å². The summed E-state index contributed by atoms with van der Waals surface area (Å²) in [5, 5.41) is 3.68. The number of carbonyl (C=O) groups is 1. The first kappa shape index (κ1) is 14.0. The van der Waals surface area contributed by atoms with Crippen molar-refractivity contribution in [3.63, 3.8) is 0 Å². The number of anilines is 1. The van der Waals surface area contributed by atoms with E-state index in [-0.39, 0.29) is 12.1 Å². The lowest BCUT2D eigenvalue weighted by atomic mass is 10.1. The topological polar surface area (TPSA) is 32.3 Å². The maximum absolute atomic E-state index is 12.5. The van der Waals surface area contributed by atoms with Crippen molar-refractivity contribution in [1.29, 1.82) is 0 Å². The molecule has 0 spiro atoms. The number of nitrogens with one attached hydrogen (secondary N) is 1. The maximum Gasteiger partial charge on any atom is 0.322 e. The molecular formula is C17H17ClN2O. The van der Waals surface area contributed by atoms with E-state index >= 15 is 0 Å². The molecule has 108 valence electrons. The molecule has 2 aromatic rings. The summed E-state index contributed by atoms with van der Waals surface area (Å²) in [4.78, 5) is 14.4. The van der Waals surface area contributed by atoms with E-state index in [1.165, 1.54) is 0 Å². The van der Waals surface area contributed by atoms with Gasteiger partial charge in [0.25, 0.3) is 0 Å². The highest BCUT2D eigenvalue weighted by Gasteiger charge is 2.29. The molecule has 1 unspecified atom stereocenters. The molecule has 1 atom stereocenters. The van der Waals surface area contributed by atoms with Crippen molar-refractivity contribution in [1.82, 2.24) is 4.90 Å². The van der Waals surface area contributed by atoms with Gasteiger partial charge in [0.1, 0.15) is 0 Å². The summed E-state index contributed by atoms with van der Waals surface area (Å²) in [6, 6.07) is 17.4. The first-order valence-corrected chi connectivity index (χ1v) is 7.50. The summed E-state index contributed by atoms with van der Waals surface area (Å²) in [6.45, 7) is 0.784. The van der Waals surface area contributed by atoms with Crippen LogP contribution in [-0.4, -0.2) is 17.5 Å². The van der Waals surface area contributed by atoms with Gasteiger partial charge in [-0.05, 0) is 42.7 Å². The molecule has 2 aromatic carbocycles. The number of hydrogen-bond acceptors (Lipinski definition) is 1. The number of likely N-dealkylation sites (tertiary alicyclic amines) is 1. The van der Waals surface area contributed by atoms with Crippen molar-refractivity contribution < 1.29 is 4.79 Å². The first-order chi connectivity index (χ1) is 10.2. The molecular weight excluding hydrogens is 284 g/mol. The van der Waals surface area contributed by atoms with Crippen molar-refractivity contribution in [2.75, 3.05) is 11.9 Å². The third kappa shape index (κ3) is 3.19. The Morgan fingerprint density at radius 3 is 2.52 bits per heavy atom. The van der Waals surface area contributed by atoms with E-state index in [1.807, 2.05) is 59.5 Å². The van der Waals surface area contributed by atoms with Crippen LogP contribution in [-0.2, 0) is 0 Å². The summed E-state index contributed by atoms with van der Waals surface area (Å²) >= 11 is 5.93. The molecule has 1 heterocycles. The first-order valence-electron chi connectivity index (χ1n) is 7.12. The van der Waals surface area contributed by atoms with Gasteiger partial charge in [-0.15, -0.1) is 0 Å². The van der Waals surface area contributed by atoms with Gasteiger partial charge in [0.15, 0.2) is 0 Å². The highest BCUT2D eigenvalue weighted by Crippen LogP contribution is 2.32. The lowest BCUT2D eigenvalue weighted by Gasteiger charge is -2.25. The van der Waals surface area contributed by atoms with Gasteiger partial charge < -0.3 is 10.2 Å². The number of halogens is 1. The predicted octanol–water partition coefficient (Wildman–Crippen LogP) is 4.71. The fraction of sp³-hybridized carbons (Fsp3) is 0.235. The minimum atomic E-state index is -0.0429. The number of rotatable bonds is 2. The number of hydrogen-bond donors (Lipinski definition) is 1. The molecule has 1 saturated heterocycles. The number of para-hydroxylation sites is 1. The van der Waals surface area contributed by atoms with Crippen LogP contribution in [0.3, 0.4) is 0 Å². The van der Waals surface area contributed by atoms with Crippen LogP contribution < -0.4 is 5.32 Å². The summed E-state index contributed by atoms with van der Waals surface area (Å²) in [5.41, 5.74) is 1.96. The molecule has 1 N–H and O–H groups in total.